The van der Waals surface area contributed by atoms with Crippen molar-refractivity contribution in [2.75, 3.05) is 11.4 Å². The Hall–Kier alpha value is -1.12. The second-order valence-corrected chi connectivity index (χ2v) is 6.34. The number of halogens is 1. The molecule has 2 nitrogen and oxygen atoms in total. The molecule has 104 valence electrons. The fourth-order valence-electron chi connectivity index (χ4n) is 3.10. The summed E-state index contributed by atoms with van der Waals surface area (Å²) in [6.45, 7) is 3.45. The summed E-state index contributed by atoms with van der Waals surface area (Å²) in [7, 11) is 0. The van der Waals surface area contributed by atoms with Gasteiger partial charge in [0.1, 0.15) is 11.6 Å². The molecule has 0 atom stereocenters. The maximum atomic E-state index is 13.0. The lowest BCUT2D eigenvalue weighted by atomic mass is 9.86. The summed E-state index contributed by atoms with van der Waals surface area (Å²) in [4.78, 5) is 6.75. The minimum absolute atomic E-state index is 0.243. The molecule has 19 heavy (non-hydrogen) atoms. The molecule has 2 aliphatic carbocycles. The van der Waals surface area contributed by atoms with Gasteiger partial charge in [0.2, 0.25) is 0 Å². The van der Waals surface area contributed by atoms with E-state index < -0.39 is 0 Å². The smallest absolute Gasteiger partial charge is 0.141 e. The Bertz CT molecular complexity index is 405. The van der Waals surface area contributed by atoms with E-state index in [1.165, 1.54) is 50.8 Å². The number of aromatic nitrogens is 1. The fourth-order valence-corrected chi connectivity index (χ4v) is 3.10. The van der Waals surface area contributed by atoms with Crippen molar-refractivity contribution < 1.29 is 4.39 Å². The molecular weight excluding hydrogens is 239 g/mol. The van der Waals surface area contributed by atoms with Crippen molar-refractivity contribution in [2.45, 2.75) is 51.5 Å². The maximum absolute atomic E-state index is 13.0. The summed E-state index contributed by atoms with van der Waals surface area (Å²) in [6.07, 6.45) is 9.18. The largest absolute Gasteiger partial charge is 0.353 e. The van der Waals surface area contributed by atoms with Crippen LogP contribution < -0.4 is 4.90 Å². The molecule has 1 aromatic heterocycles. The van der Waals surface area contributed by atoms with Crippen molar-refractivity contribution in [3.05, 3.63) is 24.1 Å². The van der Waals surface area contributed by atoms with Gasteiger partial charge in [-0.25, -0.2) is 9.37 Å². The molecule has 2 fully saturated rings. The Morgan fingerprint density at radius 1 is 1.16 bits per heavy atom. The van der Waals surface area contributed by atoms with Gasteiger partial charge in [-0.2, -0.15) is 0 Å². The van der Waals surface area contributed by atoms with E-state index >= 15 is 0 Å². The molecule has 0 saturated heterocycles. The zero-order valence-corrected chi connectivity index (χ0v) is 11.7. The third-order valence-electron chi connectivity index (χ3n) is 4.58. The van der Waals surface area contributed by atoms with Crippen molar-refractivity contribution >= 4 is 5.82 Å². The van der Waals surface area contributed by atoms with Crippen LogP contribution >= 0.6 is 0 Å². The fraction of sp³-hybridized carbons (Fsp3) is 0.688. The number of pyridine rings is 1. The van der Waals surface area contributed by atoms with Crippen LogP contribution in [0.25, 0.3) is 0 Å². The Morgan fingerprint density at radius 3 is 2.47 bits per heavy atom. The molecule has 0 aliphatic heterocycles. The van der Waals surface area contributed by atoms with Crippen LogP contribution in [0.2, 0.25) is 0 Å². The minimum atomic E-state index is -0.243. The molecule has 0 unspecified atom stereocenters. The van der Waals surface area contributed by atoms with E-state index in [4.69, 9.17) is 0 Å². The number of hydrogen-bond donors (Lipinski definition) is 0. The standard InChI is InChI=1S/C16H23FN2/c1-12-2-7-15(8-3-12)19(11-13-4-5-13)16-9-6-14(17)10-18-16/h6,9-10,12-13,15H,2-5,7-8,11H2,1H3. The molecule has 2 aliphatic rings. The molecule has 0 radical (unpaired) electrons. The molecular formula is C16H23FN2. The van der Waals surface area contributed by atoms with Crippen molar-refractivity contribution in [3.63, 3.8) is 0 Å². The molecule has 1 heterocycles. The maximum Gasteiger partial charge on any atom is 0.141 e. The van der Waals surface area contributed by atoms with Crippen LogP contribution in [0.3, 0.4) is 0 Å². The van der Waals surface area contributed by atoms with Crippen molar-refractivity contribution in [1.82, 2.24) is 4.98 Å². The summed E-state index contributed by atoms with van der Waals surface area (Å²) in [5.74, 6) is 2.42. The number of anilines is 1. The first-order chi connectivity index (χ1) is 9.22. The van der Waals surface area contributed by atoms with E-state index in [9.17, 15) is 4.39 Å². The Labute approximate surface area is 115 Å². The average molecular weight is 262 g/mol. The molecule has 3 heteroatoms. The first kappa shape index (κ1) is 12.9. The van der Waals surface area contributed by atoms with Crippen LogP contribution in [0.15, 0.2) is 18.3 Å². The van der Waals surface area contributed by atoms with E-state index in [0.717, 1.165) is 24.2 Å². The Kier molecular flexibility index (Phi) is 3.72. The van der Waals surface area contributed by atoms with E-state index in [2.05, 4.69) is 16.8 Å². The van der Waals surface area contributed by atoms with Gasteiger partial charge in [0, 0.05) is 12.6 Å². The zero-order chi connectivity index (χ0) is 13.2. The molecule has 3 rings (SSSR count). The predicted octanol–water partition coefficient (Wildman–Crippen LogP) is 4.02. The van der Waals surface area contributed by atoms with Crippen LogP contribution in [0.4, 0.5) is 10.2 Å². The summed E-state index contributed by atoms with van der Waals surface area (Å²) in [5, 5.41) is 0. The third kappa shape index (κ3) is 3.26. The van der Waals surface area contributed by atoms with E-state index in [1.54, 1.807) is 0 Å². The van der Waals surface area contributed by atoms with E-state index in [0.29, 0.717) is 6.04 Å². The number of nitrogens with zero attached hydrogens (tertiary/aromatic N) is 2. The molecule has 0 amide bonds. The molecule has 1 aromatic rings. The molecule has 0 bridgehead atoms. The van der Waals surface area contributed by atoms with Gasteiger partial charge in [-0.05, 0) is 62.5 Å². The quantitative estimate of drug-likeness (QED) is 0.815. The second-order valence-electron chi connectivity index (χ2n) is 6.34. The second kappa shape index (κ2) is 5.48. The number of rotatable bonds is 4. The minimum Gasteiger partial charge on any atom is -0.353 e. The highest BCUT2D eigenvalue weighted by Gasteiger charge is 2.30. The lowest BCUT2D eigenvalue weighted by Gasteiger charge is -2.37. The highest BCUT2D eigenvalue weighted by molar-refractivity contribution is 5.40. The average Bonchev–Trinajstić information content (AvgIpc) is 3.22. The lowest BCUT2D eigenvalue weighted by molar-refractivity contribution is 0.331. The summed E-state index contributed by atoms with van der Waals surface area (Å²) in [5.41, 5.74) is 0. The van der Waals surface area contributed by atoms with Crippen molar-refractivity contribution in [1.29, 1.82) is 0 Å². The first-order valence-corrected chi connectivity index (χ1v) is 7.60. The van der Waals surface area contributed by atoms with Gasteiger partial charge in [-0.3, -0.25) is 0 Å². The zero-order valence-electron chi connectivity index (χ0n) is 11.7. The van der Waals surface area contributed by atoms with Gasteiger partial charge >= 0.3 is 0 Å². The monoisotopic (exact) mass is 262 g/mol. The van der Waals surface area contributed by atoms with E-state index in [-0.39, 0.29) is 5.82 Å². The Balaban J connectivity index is 1.74. The first-order valence-electron chi connectivity index (χ1n) is 7.60. The van der Waals surface area contributed by atoms with Gasteiger partial charge in [0.15, 0.2) is 0 Å². The van der Waals surface area contributed by atoms with Crippen LogP contribution in [0.5, 0.6) is 0 Å². The van der Waals surface area contributed by atoms with Crippen LogP contribution in [-0.4, -0.2) is 17.6 Å². The topological polar surface area (TPSA) is 16.1 Å². The van der Waals surface area contributed by atoms with Crippen LogP contribution in [0.1, 0.15) is 45.4 Å². The number of hydrogen-bond acceptors (Lipinski definition) is 2. The van der Waals surface area contributed by atoms with Crippen molar-refractivity contribution in [3.8, 4) is 0 Å². The summed E-state index contributed by atoms with van der Waals surface area (Å²) >= 11 is 0. The van der Waals surface area contributed by atoms with Crippen molar-refractivity contribution in [2.24, 2.45) is 11.8 Å². The van der Waals surface area contributed by atoms with Gasteiger partial charge in [0.05, 0.1) is 6.20 Å². The molecule has 0 N–H and O–H groups in total. The normalized spacial score (nSPS) is 27.3. The highest BCUT2D eigenvalue weighted by atomic mass is 19.1. The lowest BCUT2D eigenvalue weighted by Crippen LogP contribution is -2.39. The van der Waals surface area contributed by atoms with Crippen LogP contribution in [-0.2, 0) is 0 Å². The van der Waals surface area contributed by atoms with Gasteiger partial charge < -0.3 is 4.90 Å². The molecule has 2 saturated carbocycles. The van der Waals surface area contributed by atoms with Gasteiger partial charge in [-0.1, -0.05) is 6.92 Å². The molecule has 0 aromatic carbocycles. The summed E-state index contributed by atoms with van der Waals surface area (Å²) < 4.78 is 13.0. The van der Waals surface area contributed by atoms with Gasteiger partial charge in [-0.15, -0.1) is 0 Å². The highest BCUT2D eigenvalue weighted by Crippen LogP contribution is 2.35. The Morgan fingerprint density at radius 2 is 1.89 bits per heavy atom. The summed E-state index contributed by atoms with van der Waals surface area (Å²) in [6, 6.07) is 3.98. The van der Waals surface area contributed by atoms with E-state index in [1.807, 2.05) is 6.07 Å². The van der Waals surface area contributed by atoms with Crippen LogP contribution in [0, 0.1) is 17.7 Å². The third-order valence-corrected chi connectivity index (χ3v) is 4.58. The van der Waals surface area contributed by atoms with Gasteiger partial charge in [0.25, 0.3) is 0 Å². The predicted molar refractivity (Wildman–Crippen MR) is 75.7 cm³/mol. The SMILES string of the molecule is CC1CCC(N(CC2CC2)c2ccc(F)cn2)CC1. The molecule has 0 spiro atoms.